The quantitative estimate of drug-likeness (QED) is 0.151. The number of hydrogen-bond donors (Lipinski definition) is 5. The molecule has 0 saturated carbocycles. The molecule has 0 aliphatic rings. The smallest absolute Gasteiger partial charge is 0.320 e. The number of guanidine groups is 1. The second kappa shape index (κ2) is 19.3. The highest BCUT2D eigenvalue weighted by Gasteiger charge is 2.15. The number of carbonyl (C=O) groups is 1. The fraction of sp³-hybridized carbons (Fsp3) is 0.889. The van der Waals surface area contributed by atoms with Crippen LogP contribution < -0.4 is 16.4 Å². The lowest BCUT2D eigenvalue weighted by Gasteiger charge is -2.14. The number of aliphatic carboxylic acids is 1. The minimum Gasteiger partial charge on any atom is -0.480 e. The molecule has 0 fully saturated rings. The number of halogens is 1. The molecule has 7 heteroatoms. The van der Waals surface area contributed by atoms with Crippen molar-refractivity contribution < 1.29 is 9.90 Å². The molecule has 25 heavy (non-hydrogen) atoms. The average molecular weight is 379 g/mol. The normalized spacial score (nSPS) is 11.6. The highest BCUT2D eigenvalue weighted by molar-refractivity contribution is 5.85. The number of carboxylic acid groups (broad SMARTS) is 1. The molecule has 0 spiro atoms. The van der Waals surface area contributed by atoms with E-state index in [1.54, 1.807) is 0 Å². The molecule has 0 heterocycles. The van der Waals surface area contributed by atoms with Crippen LogP contribution >= 0.6 is 12.4 Å². The Morgan fingerprint density at radius 2 is 1.48 bits per heavy atom. The van der Waals surface area contributed by atoms with Gasteiger partial charge in [0.1, 0.15) is 6.04 Å². The first-order valence-electron chi connectivity index (χ1n) is 9.62. The van der Waals surface area contributed by atoms with Gasteiger partial charge in [0.25, 0.3) is 0 Å². The van der Waals surface area contributed by atoms with E-state index >= 15 is 0 Å². The van der Waals surface area contributed by atoms with Crippen LogP contribution in [0.25, 0.3) is 0 Å². The van der Waals surface area contributed by atoms with Crippen molar-refractivity contribution in [3.63, 3.8) is 0 Å². The molecule has 0 bridgehead atoms. The number of nitrogens with one attached hydrogen (secondary N) is 3. The predicted molar refractivity (Wildman–Crippen MR) is 108 cm³/mol. The maximum atomic E-state index is 11.2. The first-order chi connectivity index (χ1) is 11.6. The number of carboxylic acids is 1. The zero-order valence-electron chi connectivity index (χ0n) is 15.8. The van der Waals surface area contributed by atoms with Gasteiger partial charge in [-0.05, 0) is 25.8 Å². The van der Waals surface area contributed by atoms with Crippen LogP contribution in [-0.4, -0.2) is 36.2 Å². The van der Waals surface area contributed by atoms with Crippen LogP contribution in [0.15, 0.2) is 0 Å². The molecule has 0 rings (SSSR count). The number of nitrogens with two attached hydrogens (primary N) is 1. The van der Waals surface area contributed by atoms with Gasteiger partial charge < -0.3 is 21.5 Å². The lowest BCUT2D eigenvalue weighted by Crippen LogP contribution is -2.38. The van der Waals surface area contributed by atoms with Crippen LogP contribution in [0.3, 0.4) is 0 Å². The summed E-state index contributed by atoms with van der Waals surface area (Å²) in [6.45, 7) is 3.54. The SMILES string of the molecule is CCCCCCCCCCCCN[C@@H](CCCNC(=N)N)C(=O)O.Cl. The van der Waals surface area contributed by atoms with E-state index in [0.717, 1.165) is 13.0 Å². The maximum Gasteiger partial charge on any atom is 0.320 e. The summed E-state index contributed by atoms with van der Waals surface area (Å²) in [7, 11) is 0. The Balaban J connectivity index is 0. The second-order valence-corrected chi connectivity index (χ2v) is 6.51. The predicted octanol–water partition coefficient (Wildman–Crippen LogP) is 3.64. The third-order valence-electron chi connectivity index (χ3n) is 4.20. The first-order valence-corrected chi connectivity index (χ1v) is 9.62. The number of unbranched alkanes of at least 4 members (excludes halogenated alkanes) is 9. The molecule has 0 aliphatic carbocycles. The summed E-state index contributed by atoms with van der Waals surface area (Å²) < 4.78 is 0. The van der Waals surface area contributed by atoms with E-state index in [1.807, 2.05) is 0 Å². The van der Waals surface area contributed by atoms with E-state index in [1.165, 1.54) is 57.8 Å². The standard InChI is InChI=1S/C18H38N4O2.ClH/c1-2-3-4-5-6-7-8-9-10-11-14-21-16(17(23)24)13-12-15-22-18(19)20;/h16,21H,2-15H2,1H3,(H,23,24)(H4,19,20,22);1H/t16-;/m0./s1. The highest BCUT2D eigenvalue weighted by atomic mass is 35.5. The third-order valence-corrected chi connectivity index (χ3v) is 4.20. The zero-order valence-corrected chi connectivity index (χ0v) is 16.6. The van der Waals surface area contributed by atoms with Crippen molar-refractivity contribution in [2.75, 3.05) is 13.1 Å². The van der Waals surface area contributed by atoms with Crippen LogP contribution in [0.2, 0.25) is 0 Å². The summed E-state index contributed by atoms with van der Waals surface area (Å²) in [5.74, 6) is -0.870. The van der Waals surface area contributed by atoms with Gasteiger partial charge in [-0.3, -0.25) is 10.2 Å². The lowest BCUT2D eigenvalue weighted by molar-refractivity contribution is -0.139. The monoisotopic (exact) mass is 378 g/mol. The van der Waals surface area contributed by atoms with Crippen LogP contribution in [-0.2, 0) is 4.79 Å². The molecule has 6 nitrogen and oxygen atoms in total. The molecule has 0 radical (unpaired) electrons. The van der Waals surface area contributed by atoms with E-state index in [-0.39, 0.29) is 18.4 Å². The van der Waals surface area contributed by atoms with E-state index < -0.39 is 12.0 Å². The molecule has 150 valence electrons. The van der Waals surface area contributed by atoms with Crippen LogP contribution in [0.4, 0.5) is 0 Å². The Morgan fingerprint density at radius 1 is 0.960 bits per heavy atom. The van der Waals surface area contributed by atoms with Crippen molar-refractivity contribution >= 4 is 24.3 Å². The number of rotatable bonds is 17. The highest BCUT2D eigenvalue weighted by Crippen LogP contribution is 2.10. The molecule has 6 N–H and O–H groups in total. The summed E-state index contributed by atoms with van der Waals surface area (Å²) in [6.07, 6.45) is 14.1. The lowest BCUT2D eigenvalue weighted by atomic mass is 10.1. The van der Waals surface area contributed by atoms with Gasteiger partial charge >= 0.3 is 5.97 Å². The molecular weight excluding hydrogens is 340 g/mol. The van der Waals surface area contributed by atoms with Crippen molar-refractivity contribution in [2.24, 2.45) is 5.73 Å². The van der Waals surface area contributed by atoms with Crippen LogP contribution in [0.1, 0.15) is 84.0 Å². The summed E-state index contributed by atoms with van der Waals surface area (Å²) in [5, 5.41) is 22.1. The molecule has 0 unspecified atom stereocenters. The Morgan fingerprint density at radius 3 is 1.96 bits per heavy atom. The minimum atomic E-state index is -0.801. The van der Waals surface area contributed by atoms with Crippen molar-refractivity contribution in [1.82, 2.24) is 10.6 Å². The van der Waals surface area contributed by atoms with Gasteiger partial charge in [-0.15, -0.1) is 12.4 Å². The van der Waals surface area contributed by atoms with Crippen molar-refractivity contribution in [3.8, 4) is 0 Å². The Kier molecular flexibility index (Phi) is 20.3. The molecule has 0 aliphatic heterocycles. The van der Waals surface area contributed by atoms with E-state index in [0.29, 0.717) is 19.4 Å². The largest absolute Gasteiger partial charge is 0.480 e. The molecule has 0 aromatic heterocycles. The van der Waals surface area contributed by atoms with Crippen LogP contribution in [0, 0.1) is 5.41 Å². The molecule has 0 saturated heterocycles. The third kappa shape index (κ3) is 19.2. The van der Waals surface area contributed by atoms with Gasteiger partial charge in [0, 0.05) is 6.54 Å². The fourth-order valence-electron chi connectivity index (χ4n) is 2.73. The van der Waals surface area contributed by atoms with Gasteiger partial charge in [-0.25, -0.2) is 0 Å². The van der Waals surface area contributed by atoms with Gasteiger partial charge in [0.2, 0.25) is 0 Å². The van der Waals surface area contributed by atoms with E-state index in [4.69, 9.17) is 11.1 Å². The molecule has 0 aromatic carbocycles. The molecule has 0 amide bonds. The number of hydrogen-bond acceptors (Lipinski definition) is 3. The summed E-state index contributed by atoms with van der Waals surface area (Å²) in [4.78, 5) is 11.2. The molecule has 0 aromatic rings. The topological polar surface area (TPSA) is 111 Å². The van der Waals surface area contributed by atoms with Crippen molar-refractivity contribution in [1.29, 1.82) is 5.41 Å². The summed E-state index contributed by atoms with van der Waals surface area (Å²) >= 11 is 0. The van der Waals surface area contributed by atoms with Crippen LogP contribution in [0.5, 0.6) is 0 Å². The maximum absolute atomic E-state index is 11.2. The Labute approximate surface area is 159 Å². The van der Waals surface area contributed by atoms with E-state index in [2.05, 4.69) is 17.6 Å². The van der Waals surface area contributed by atoms with Gasteiger partial charge in [-0.1, -0.05) is 64.7 Å². The average Bonchev–Trinajstić information content (AvgIpc) is 2.53. The Bertz CT molecular complexity index is 330. The first kappa shape index (κ1) is 26.2. The van der Waals surface area contributed by atoms with Crippen molar-refractivity contribution in [3.05, 3.63) is 0 Å². The van der Waals surface area contributed by atoms with E-state index in [9.17, 15) is 9.90 Å². The zero-order chi connectivity index (χ0) is 18.0. The summed E-state index contributed by atoms with van der Waals surface area (Å²) in [5.41, 5.74) is 5.19. The minimum absolute atomic E-state index is 0. The van der Waals surface area contributed by atoms with Crippen molar-refractivity contribution in [2.45, 2.75) is 90.0 Å². The fourth-order valence-corrected chi connectivity index (χ4v) is 2.73. The second-order valence-electron chi connectivity index (χ2n) is 6.51. The Hall–Kier alpha value is -1.01. The molecule has 1 atom stereocenters. The summed E-state index contributed by atoms with van der Waals surface area (Å²) in [6, 6.07) is -0.502. The van der Waals surface area contributed by atoms with Gasteiger partial charge in [0.15, 0.2) is 5.96 Å². The van der Waals surface area contributed by atoms with Gasteiger partial charge in [0.05, 0.1) is 0 Å². The van der Waals surface area contributed by atoms with Gasteiger partial charge in [-0.2, -0.15) is 0 Å². The molecular formula is C18H39ClN4O2.